The molecule has 14 heavy (non-hydrogen) atoms. The smallest absolute Gasteiger partial charge is 0.139 e. The molecule has 1 aliphatic heterocycles. The van der Waals surface area contributed by atoms with E-state index < -0.39 is 0 Å². The summed E-state index contributed by atoms with van der Waals surface area (Å²) in [5.41, 5.74) is 1.47. The van der Waals surface area contributed by atoms with Crippen LogP contribution in [0.3, 0.4) is 0 Å². The van der Waals surface area contributed by atoms with Gasteiger partial charge in [0.25, 0.3) is 0 Å². The van der Waals surface area contributed by atoms with Gasteiger partial charge in [-0.1, -0.05) is 30.3 Å². The van der Waals surface area contributed by atoms with Gasteiger partial charge >= 0.3 is 0 Å². The molecule has 0 bridgehead atoms. The fraction of sp³-hybridized carbons (Fsp3) is 0.462. The maximum absolute atomic E-state index is 2.29. The third-order valence-corrected chi connectivity index (χ3v) is 3.11. The third kappa shape index (κ3) is 2.52. The molecule has 0 aromatic heterocycles. The summed E-state index contributed by atoms with van der Waals surface area (Å²) in [5.74, 6) is 1.68. The molecule has 1 saturated heterocycles. The first-order valence-electron chi connectivity index (χ1n) is 5.53. The second-order valence-corrected chi connectivity index (χ2v) is 4.37. The van der Waals surface area contributed by atoms with Gasteiger partial charge in [0, 0.05) is 5.56 Å². The summed E-state index contributed by atoms with van der Waals surface area (Å²) in [6.45, 7) is 6.13. The van der Waals surface area contributed by atoms with Gasteiger partial charge in [0.1, 0.15) is 32.5 Å². The van der Waals surface area contributed by atoms with Crippen LogP contribution in [-0.4, -0.2) is 13.1 Å². The van der Waals surface area contributed by atoms with E-state index in [1.807, 2.05) is 0 Å². The van der Waals surface area contributed by atoms with Gasteiger partial charge in [-0.2, -0.15) is 0 Å². The standard InChI is InChI=1S/C13H18N/c1-12-7-9-14(10-8-12)11-13-5-3-2-4-6-13/h2-6H,7-11H2,1H3/q+1/p+1. The van der Waals surface area contributed by atoms with Crippen LogP contribution < -0.4 is 4.90 Å². The molecule has 1 heterocycles. The SMILES string of the molecule is C[C+]1CC[NH+](Cc2ccccc2)CC1. The van der Waals surface area contributed by atoms with Gasteiger partial charge in [-0.05, 0) is 0 Å². The predicted molar refractivity (Wildman–Crippen MR) is 59.0 cm³/mol. The topological polar surface area (TPSA) is 4.44 Å². The molecule has 1 fully saturated rings. The minimum absolute atomic E-state index is 1.20. The zero-order valence-electron chi connectivity index (χ0n) is 8.92. The molecule has 0 spiro atoms. The Bertz CT molecular complexity index is 260. The van der Waals surface area contributed by atoms with Gasteiger partial charge in [0.05, 0.1) is 12.8 Å². The lowest BCUT2D eigenvalue weighted by Crippen LogP contribution is -3.11. The number of nitrogens with one attached hydrogen (secondary N) is 1. The normalized spacial score (nSPS) is 18.5. The lowest BCUT2D eigenvalue weighted by Gasteiger charge is -2.22. The number of likely N-dealkylation sites (tertiary alicyclic amines) is 1. The van der Waals surface area contributed by atoms with Crippen LogP contribution in [0.2, 0.25) is 0 Å². The molecule has 0 aliphatic carbocycles. The Morgan fingerprint density at radius 3 is 2.43 bits per heavy atom. The van der Waals surface area contributed by atoms with Crippen molar-refractivity contribution < 1.29 is 4.90 Å². The van der Waals surface area contributed by atoms with Crippen LogP contribution in [0.1, 0.15) is 25.3 Å². The van der Waals surface area contributed by atoms with Gasteiger partial charge in [-0.3, -0.25) is 0 Å². The Hall–Kier alpha value is -0.950. The highest BCUT2D eigenvalue weighted by Crippen LogP contribution is 2.09. The fourth-order valence-corrected chi connectivity index (χ4v) is 2.09. The van der Waals surface area contributed by atoms with Crippen molar-refractivity contribution in [1.29, 1.82) is 0 Å². The van der Waals surface area contributed by atoms with Gasteiger partial charge in [0.15, 0.2) is 0 Å². The van der Waals surface area contributed by atoms with Crippen molar-refractivity contribution in [3.8, 4) is 0 Å². The van der Waals surface area contributed by atoms with E-state index in [0.717, 1.165) is 0 Å². The first-order valence-corrected chi connectivity index (χ1v) is 5.53. The lowest BCUT2D eigenvalue weighted by molar-refractivity contribution is -0.917. The molecule has 1 N–H and O–H groups in total. The van der Waals surface area contributed by atoms with E-state index in [1.54, 1.807) is 10.8 Å². The Kier molecular flexibility index (Phi) is 3.10. The molecule has 1 aromatic rings. The minimum Gasteiger partial charge on any atom is -0.324 e. The maximum atomic E-state index is 2.29. The Balaban J connectivity index is 1.87. The summed E-state index contributed by atoms with van der Waals surface area (Å²) >= 11 is 0. The highest BCUT2D eigenvalue weighted by Gasteiger charge is 2.26. The Morgan fingerprint density at radius 1 is 1.14 bits per heavy atom. The van der Waals surface area contributed by atoms with Crippen molar-refractivity contribution >= 4 is 0 Å². The zero-order chi connectivity index (χ0) is 9.80. The summed E-state index contributed by atoms with van der Waals surface area (Å²) in [7, 11) is 0. The van der Waals surface area contributed by atoms with E-state index in [2.05, 4.69) is 37.3 Å². The first-order chi connectivity index (χ1) is 6.84. The molecule has 1 aliphatic rings. The van der Waals surface area contributed by atoms with Gasteiger partial charge in [-0.25, -0.2) is 0 Å². The molecule has 1 aromatic carbocycles. The maximum Gasteiger partial charge on any atom is 0.139 e. The fourth-order valence-electron chi connectivity index (χ4n) is 2.09. The van der Waals surface area contributed by atoms with Gasteiger partial charge in [-0.15, -0.1) is 0 Å². The van der Waals surface area contributed by atoms with E-state index in [4.69, 9.17) is 0 Å². The van der Waals surface area contributed by atoms with Crippen LogP contribution in [0.15, 0.2) is 30.3 Å². The van der Waals surface area contributed by atoms with E-state index in [9.17, 15) is 0 Å². The molecule has 0 unspecified atom stereocenters. The number of hydrogen-bond donors (Lipinski definition) is 1. The highest BCUT2D eigenvalue weighted by molar-refractivity contribution is 5.13. The molecule has 0 amide bonds. The zero-order valence-corrected chi connectivity index (χ0v) is 8.92. The van der Waals surface area contributed by atoms with Gasteiger partial charge in [0.2, 0.25) is 0 Å². The van der Waals surface area contributed by atoms with Crippen molar-refractivity contribution in [3.05, 3.63) is 41.8 Å². The van der Waals surface area contributed by atoms with Crippen molar-refractivity contribution in [1.82, 2.24) is 0 Å². The molecular formula is C13H19N+2. The molecule has 0 radical (unpaired) electrons. The molecule has 0 atom stereocenters. The van der Waals surface area contributed by atoms with Crippen LogP contribution in [0, 0.1) is 5.92 Å². The number of piperidine rings is 1. The summed E-state index contributed by atoms with van der Waals surface area (Å²) < 4.78 is 0. The molecular weight excluding hydrogens is 170 g/mol. The van der Waals surface area contributed by atoms with Crippen molar-refractivity contribution in [2.75, 3.05) is 13.1 Å². The van der Waals surface area contributed by atoms with E-state index >= 15 is 0 Å². The second-order valence-electron chi connectivity index (χ2n) is 4.37. The largest absolute Gasteiger partial charge is 0.324 e. The molecule has 0 saturated carbocycles. The van der Waals surface area contributed by atoms with Gasteiger partial charge < -0.3 is 4.90 Å². The molecule has 1 nitrogen and oxygen atoms in total. The average Bonchev–Trinajstić information content (AvgIpc) is 2.23. The van der Waals surface area contributed by atoms with E-state index in [-0.39, 0.29) is 0 Å². The average molecular weight is 189 g/mol. The Labute approximate surface area is 86.7 Å². The number of benzene rings is 1. The van der Waals surface area contributed by atoms with E-state index in [1.165, 1.54) is 38.0 Å². The summed E-state index contributed by atoms with van der Waals surface area (Å²) in [4.78, 5) is 1.74. The van der Waals surface area contributed by atoms with Crippen LogP contribution in [-0.2, 0) is 6.54 Å². The second kappa shape index (κ2) is 4.52. The van der Waals surface area contributed by atoms with Crippen LogP contribution in [0.25, 0.3) is 0 Å². The highest BCUT2D eigenvalue weighted by atomic mass is 15.1. The summed E-state index contributed by atoms with van der Waals surface area (Å²) in [6.07, 6.45) is 2.64. The number of hydrogen-bond acceptors (Lipinski definition) is 0. The summed E-state index contributed by atoms with van der Waals surface area (Å²) in [6, 6.07) is 10.8. The predicted octanol–water partition coefficient (Wildman–Crippen LogP) is 1.46. The monoisotopic (exact) mass is 189 g/mol. The molecule has 2 rings (SSSR count). The molecule has 74 valence electrons. The lowest BCUT2D eigenvalue weighted by atomic mass is 9.99. The van der Waals surface area contributed by atoms with Crippen LogP contribution in [0.5, 0.6) is 0 Å². The molecule has 1 heteroatoms. The quantitative estimate of drug-likeness (QED) is 0.672. The van der Waals surface area contributed by atoms with Crippen LogP contribution >= 0.6 is 0 Å². The summed E-state index contributed by atoms with van der Waals surface area (Å²) in [5, 5.41) is 0. The third-order valence-electron chi connectivity index (χ3n) is 3.11. The number of quaternary nitrogens is 1. The van der Waals surface area contributed by atoms with Crippen molar-refractivity contribution in [2.24, 2.45) is 0 Å². The minimum atomic E-state index is 1.20. The van der Waals surface area contributed by atoms with Crippen LogP contribution in [0.4, 0.5) is 0 Å². The Morgan fingerprint density at radius 2 is 1.79 bits per heavy atom. The van der Waals surface area contributed by atoms with Crippen molar-refractivity contribution in [2.45, 2.75) is 26.3 Å². The first kappa shape index (κ1) is 9.60. The van der Waals surface area contributed by atoms with Crippen molar-refractivity contribution in [3.63, 3.8) is 0 Å². The number of rotatable bonds is 2. The van der Waals surface area contributed by atoms with E-state index in [0.29, 0.717) is 0 Å².